The van der Waals surface area contributed by atoms with Crippen LogP contribution in [0.5, 0.6) is 0 Å². The second-order valence-corrected chi connectivity index (χ2v) is 5.89. The molecule has 18 heavy (non-hydrogen) atoms. The van der Waals surface area contributed by atoms with E-state index in [-0.39, 0.29) is 0 Å². The van der Waals surface area contributed by atoms with Crippen molar-refractivity contribution in [2.24, 2.45) is 0 Å². The number of hydrogen-bond donors (Lipinski definition) is 2. The van der Waals surface area contributed by atoms with Gasteiger partial charge in [-0.3, -0.25) is 10.1 Å². The lowest BCUT2D eigenvalue weighted by atomic mass is 10.1. The fourth-order valence-corrected chi connectivity index (χ4v) is 2.56. The topological polar surface area (TPSA) is 75.4 Å². The highest BCUT2D eigenvalue weighted by Crippen LogP contribution is 2.28. The van der Waals surface area contributed by atoms with E-state index in [0.29, 0.717) is 17.0 Å². The number of oxazole rings is 1. The Hall–Kier alpha value is -1.01. The Bertz CT molecular complexity index is 437. The second-order valence-electron chi connectivity index (χ2n) is 4.97. The van der Waals surface area contributed by atoms with Gasteiger partial charge in [0.05, 0.1) is 5.69 Å². The molecule has 0 aliphatic heterocycles. The smallest absolute Gasteiger partial charge is 0.324 e. The number of aliphatic carboxylic acids is 1. The maximum atomic E-state index is 11.4. The van der Waals surface area contributed by atoms with Crippen molar-refractivity contribution in [1.82, 2.24) is 10.3 Å². The molecule has 100 valence electrons. The molecule has 6 heteroatoms. The van der Waals surface area contributed by atoms with Gasteiger partial charge in [-0.2, -0.15) is 0 Å². The van der Waals surface area contributed by atoms with Crippen LogP contribution in [0.4, 0.5) is 0 Å². The third-order valence-corrected chi connectivity index (χ3v) is 4.21. The number of carboxylic acid groups (broad SMARTS) is 1. The standard InChI is InChI=1S/C12H18N2O3S/c1-7-8(2)17-11(13-7)18-6-12(3,10(15)16)14-9-4-5-9/h9,14H,4-6H2,1-3H3,(H,15,16). The third kappa shape index (κ3) is 3.05. The first-order valence-electron chi connectivity index (χ1n) is 5.98. The van der Waals surface area contributed by atoms with Crippen molar-refractivity contribution in [3.8, 4) is 0 Å². The monoisotopic (exact) mass is 270 g/mol. The predicted octanol–water partition coefficient (Wildman–Crippen LogP) is 1.98. The summed E-state index contributed by atoms with van der Waals surface area (Å²) in [5.74, 6) is 0.352. The molecular formula is C12H18N2O3S. The maximum absolute atomic E-state index is 11.4. The molecule has 1 heterocycles. The summed E-state index contributed by atoms with van der Waals surface area (Å²) < 4.78 is 5.44. The molecular weight excluding hydrogens is 252 g/mol. The van der Waals surface area contributed by atoms with Gasteiger partial charge in [0.2, 0.25) is 0 Å². The van der Waals surface area contributed by atoms with E-state index in [4.69, 9.17) is 4.42 Å². The number of carboxylic acids is 1. The molecule has 1 unspecified atom stereocenters. The summed E-state index contributed by atoms with van der Waals surface area (Å²) in [7, 11) is 0. The van der Waals surface area contributed by atoms with E-state index in [1.807, 2.05) is 13.8 Å². The van der Waals surface area contributed by atoms with Gasteiger partial charge in [0.25, 0.3) is 5.22 Å². The number of rotatable bonds is 6. The van der Waals surface area contributed by atoms with E-state index < -0.39 is 11.5 Å². The van der Waals surface area contributed by atoms with Gasteiger partial charge in [0, 0.05) is 11.8 Å². The van der Waals surface area contributed by atoms with Gasteiger partial charge in [-0.05, 0) is 33.6 Å². The van der Waals surface area contributed by atoms with Crippen molar-refractivity contribution in [2.75, 3.05) is 5.75 Å². The van der Waals surface area contributed by atoms with Crippen LogP contribution >= 0.6 is 11.8 Å². The molecule has 0 saturated heterocycles. The van der Waals surface area contributed by atoms with Crippen LogP contribution in [0.1, 0.15) is 31.2 Å². The fraction of sp³-hybridized carbons (Fsp3) is 0.667. The average Bonchev–Trinajstić information content (AvgIpc) is 3.03. The van der Waals surface area contributed by atoms with Gasteiger partial charge in [-0.1, -0.05) is 11.8 Å². The van der Waals surface area contributed by atoms with Crippen LogP contribution < -0.4 is 5.32 Å². The van der Waals surface area contributed by atoms with Crippen molar-refractivity contribution in [3.63, 3.8) is 0 Å². The van der Waals surface area contributed by atoms with Crippen LogP contribution in [0.3, 0.4) is 0 Å². The molecule has 2 N–H and O–H groups in total. The summed E-state index contributed by atoms with van der Waals surface area (Å²) in [4.78, 5) is 15.6. The molecule has 0 spiro atoms. The van der Waals surface area contributed by atoms with Crippen molar-refractivity contribution in [3.05, 3.63) is 11.5 Å². The zero-order valence-electron chi connectivity index (χ0n) is 10.8. The predicted molar refractivity (Wildman–Crippen MR) is 68.9 cm³/mol. The Morgan fingerprint density at radius 2 is 2.28 bits per heavy atom. The Labute approximate surface area is 110 Å². The second kappa shape index (κ2) is 4.93. The molecule has 0 radical (unpaired) electrons. The lowest BCUT2D eigenvalue weighted by Gasteiger charge is -2.25. The van der Waals surface area contributed by atoms with Crippen molar-refractivity contribution >= 4 is 17.7 Å². The lowest BCUT2D eigenvalue weighted by Crippen LogP contribution is -2.52. The Kier molecular flexibility index (Phi) is 3.68. The first-order valence-corrected chi connectivity index (χ1v) is 6.97. The normalized spacial score (nSPS) is 18.6. The van der Waals surface area contributed by atoms with Crippen molar-refractivity contribution in [2.45, 2.75) is 50.4 Å². The number of carbonyl (C=O) groups is 1. The van der Waals surface area contributed by atoms with E-state index in [1.165, 1.54) is 11.8 Å². The van der Waals surface area contributed by atoms with Crippen LogP contribution in [-0.2, 0) is 4.79 Å². The van der Waals surface area contributed by atoms with E-state index in [9.17, 15) is 9.90 Å². The Morgan fingerprint density at radius 3 is 2.72 bits per heavy atom. The Morgan fingerprint density at radius 1 is 1.61 bits per heavy atom. The summed E-state index contributed by atoms with van der Waals surface area (Å²) in [5, 5.41) is 13.0. The van der Waals surface area contributed by atoms with Crippen molar-refractivity contribution in [1.29, 1.82) is 0 Å². The summed E-state index contributed by atoms with van der Waals surface area (Å²) in [6.45, 7) is 5.44. The highest BCUT2D eigenvalue weighted by Gasteiger charge is 2.38. The van der Waals surface area contributed by atoms with Gasteiger partial charge in [0.1, 0.15) is 11.3 Å². The quantitative estimate of drug-likeness (QED) is 0.770. The highest BCUT2D eigenvalue weighted by molar-refractivity contribution is 7.99. The molecule has 0 bridgehead atoms. The van der Waals surface area contributed by atoms with Gasteiger partial charge in [0.15, 0.2) is 0 Å². The van der Waals surface area contributed by atoms with Gasteiger partial charge in [-0.15, -0.1) is 0 Å². The summed E-state index contributed by atoms with van der Waals surface area (Å²) >= 11 is 1.34. The number of nitrogens with one attached hydrogen (secondary N) is 1. The van der Waals surface area contributed by atoms with Crippen LogP contribution in [-0.4, -0.2) is 33.4 Å². The van der Waals surface area contributed by atoms with E-state index in [1.54, 1.807) is 6.92 Å². The van der Waals surface area contributed by atoms with Crippen molar-refractivity contribution < 1.29 is 14.3 Å². The minimum atomic E-state index is -0.928. The third-order valence-electron chi connectivity index (χ3n) is 3.07. The van der Waals surface area contributed by atoms with Crippen LogP contribution in [0, 0.1) is 13.8 Å². The number of thioether (sulfide) groups is 1. The molecule has 1 aromatic rings. The minimum Gasteiger partial charge on any atom is -0.480 e. The van der Waals surface area contributed by atoms with Gasteiger partial charge in [-0.25, -0.2) is 4.98 Å². The molecule has 0 amide bonds. The first kappa shape index (κ1) is 13.4. The number of hydrogen-bond acceptors (Lipinski definition) is 5. The first-order chi connectivity index (χ1) is 8.40. The molecule has 0 aromatic carbocycles. The molecule has 2 rings (SSSR count). The summed E-state index contributed by atoms with van der Waals surface area (Å²) in [6.07, 6.45) is 2.12. The van der Waals surface area contributed by atoms with E-state index in [0.717, 1.165) is 24.3 Å². The average molecular weight is 270 g/mol. The zero-order valence-corrected chi connectivity index (χ0v) is 11.6. The van der Waals surface area contributed by atoms with E-state index in [2.05, 4.69) is 10.3 Å². The fourth-order valence-electron chi connectivity index (χ4n) is 1.55. The van der Waals surface area contributed by atoms with Crippen LogP contribution in [0.2, 0.25) is 0 Å². The molecule has 1 fully saturated rings. The zero-order chi connectivity index (χ0) is 13.3. The number of nitrogens with zero attached hydrogens (tertiary/aromatic N) is 1. The lowest BCUT2D eigenvalue weighted by molar-refractivity contribution is -0.143. The summed E-state index contributed by atoms with van der Waals surface area (Å²) in [6, 6.07) is 0.347. The molecule has 1 saturated carbocycles. The number of aromatic nitrogens is 1. The molecule has 5 nitrogen and oxygen atoms in total. The molecule has 1 atom stereocenters. The number of aryl methyl sites for hydroxylation is 2. The maximum Gasteiger partial charge on any atom is 0.324 e. The summed E-state index contributed by atoms with van der Waals surface area (Å²) in [5.41, 5.74) is -0.0769. The SMILES string of the molecule is Cc1nc(SCC(C)(NC2CC2)C(=O)O)oc1C. The van der Waals surface area contributed by atoms with Gasteiger partial charge < -0.3 is 9.52 Å². The highest BCUT2D eigenvalue weighted by atomic mass is 32.2. The van der Waals surface area contributed by atoms with Gasteiger partial charge >= 0.3 is 5.97 Å². The van der Waals surface area contributed by atoms with Crippen LogP contribution in [0.15, 0.2) is 9.64 Å². The van der Waals surface area contributed by atoms with E-state index >= 15 is 0 Å². The molecule has 1 aliphatic rings. The molecule has 1 aliphatic carbocycles. The van der Waals surface area contributed by atoms with Crippen LogP contribution in [0.25, 0.3) is 0 Å². The molecule has 1 aromatic heterocycles. The minimum absolute atomic E-state index is 0.347. The Balaban J connectivity index is 1.98. The largest absolute Gasteiger partial charge is 0.480 e.